The Morgan fingerprint density at radius 1 is 1.50 bits per heavy atom. The van der Waals surface area contributed by atoms with Crippen molar-refractivity contribution in [3.63, 3.8) is 0 Å². The number of sulfonamides is 1. The fourth-order valence-corrected chi connectivity index (χ4v) is 4.92. The topological polar surface area (TPSA) is 63.4 Å². The highest BCUT2D eigenvalue weighted by Crippen LogP contribution is 2.33. The molecule has 1 heterocycles. The predicted molar refractivity (Wildman–Crippen MR) is 74.0 cm³/mol. The van der Waals surface area contributed by atoms with Crippen molar-refractivity contribution in [2.75, 3.05) is 6.54 Å². The van der Waals surface area contributed by atoms with E-state index in [0.717, 1.165) is 18.4 Å². The molecule has 6 heteroatoms. The first-order chi connectivity index (χ1) is 8.45. The molecule has 1 fully saturated rings. The molecular formula is C12H20N2O2S2. The van der Waals surface area contributed by atoms with Crippen molar-refractivity contribution in [1.82, 2.24) is 4.31 Å². The molecule has 0 radical (unpaired) electrons. The third-order valence-corrected chi connectivity index (χ3v) is 6.65. The van der Waals surface area contributed by atoms with Crippen LogP contribution in [0.5, 0.6) is 0 Å². The van der Waals surface area contributed by atoms with Gasteiger partial charge in [0.05, 0.1) is 0 Å². The average Bonchev–Trinajstić information content (AvgIpc) is 2.99. The highest BCUT2D eigenvalue weighted by molar-refractivity contribution is 7.91. The van der Waals surface area contributed by atoms with Gasteiger partial charge < -0.3 is 5.73 Å². The minimum Gasteiger partial charge on any atom is -0.326 e. The smallest absolute Gasteiger partial charge is 0.252 e. The fourth-order valence-electron chi connectivity index (χ4n) is 1.85. The molecule has 18 heavy (non-hydrogen) atoms. The van der Waals surface area contributed by atoms with Gasteiger partial charge in [-0.25, -0.2) is 8.42 Å². The van der Waals surface area contributed by atoms with Crippen molar-refractivity contribution in [2.24, 2.45) is 11.7 Å². The zero-order valence-electron chi connectivity index (χ0n) is 10.8. The van der Waals surface area contributed by atoms with Crippen LogP contribution in [0.1, 0.15) is 32.3 Å². The summed E-state index contributed by atoms with van der Waals surface area (Å²) in [5.74, 6) is 0.552. The molecule has 0 unspecified atom stereocenters. The highest BCUT2D eigenvalue weighted by atomic mass is 32.2. The Hall–Kier alpha value is -0.430. The van der Waals surface area contributed by atoms with E-state index in [1.165, 1.54) is 11.3 Å². The van der Waals surface area contributed by atoms with Gasteiger partial charge in [0.15, 0.2) is 0 Å². The Kier molecular flexibility index (Phi) is 4.11. The number of nitrogens with two attached hydrogens (primary N) is 1. The number of rotatable bonds is 6. The van der Waals surface area contributed by atoms with Gasteiger partial charge in [0.1, 0.15) is 4.21 Å². The van der Waals surface area contributed by atoms with E-state index in [4.69, 9.17) is 5.73 Å². The maximum absolute atomic E-state index is 12.6. The monoisotopic (exact) mass is 288 g/mol. The molecule has 102 valence electrons. The van der Waals surface area contributed by atoms with Gasteiger partial charge in [0, 0.05) is 19.1 Å². The van der Waals surface area contributed by atoms with Crippen molar-refractivity contribution >= 4 is 21.4 Å². The molecule has 1 aromatic heterocycles. The van der Waals surface area contributed by atoms with Crippen LogP contribution in [-0.2, 0) is 16.6 Å². The van der Waals surface area contributed by atoms with E-state index in [0.29, 0.717) is 23.2 Å². The number of hydrogen-bond acceptors (Lipinski definition) is 4. The molecule has 0 amide bonds. The minimum atomic E-state index is -3.35. The maximum Gasteiger partial charge on any atom is 0.252 e. The molecule has 1 aliphatic carbocycles. The molecule has 0 aliphatic heterocycles. The van der Waals surface area contributed by atoms with E-state index >= 15 is 0 Å². The van der Waals surface area contributed by atoms with Crippen molar-refractivity contribution in [3.05, 3.63) is 17.0 Å². The summed E-state index contributed by atoms with van der Waals surface area (Å²) >= 11 is 1.26. The van der Waals surface area contributed by atoms with E-state index in [2.05, 4.69) is 0 Å². The van der Waals surface area contributed by atoms with Gasteiger partial charge in [0.2, 0.25) is 0 Å². The van der Waals surface area contributed by atoms with Crippen LogP contribution in [0, 0.1) is 5.92 Å². The van der Waals surface area contributed by atoms with E-state index in [-0.39, 0.29) is 6.04 Å². The Balaban J connectivity index is 2.25. The lowest BCUT2D eigenvalue weighted by Crippen LogP contribution is -2.38. The van der Waals surface area contributed by atoms with Gasteiger partial charge in [-0.1, -0.05) is 0 Å². The molecule has 4 nitrogen and oxygen atoms in total. The molecule has 1 aromatic rings. The summed E-state index contributed by atoms with van der Waals surface area (Å²) in [5, 5.41) is 1.82. The highest BCUT2D eigenvalue weighted by Gasteiger charge is 2.34. The van der Waals surface area contributed by atoms with Gasteiger partial charge in [-0.05, 0) is 49.6 Å². The fraction of sp³-hybridized carbons (Fsp3) is 0.667. The third kappa shape index (κ3) is 2.93. The molecule has 0 bridgehead atoms. The zero-order chi connectivity index (χ0) is 13.3. The average molecular weight is 288 g/mol. The quantitative estimate of drug-likeness (QED) is 0.871. The number of nitrogens with zero attached hydrogens (tertiary/aromatic N) is 1. The summed E-state index contributed by atoms with van der Waals surface area (Å²) in [5.41, 5.74) is 6.41. The van der Waals surface area contributed by atoms with Crippen LogP contribution < -0.4 is 5.73 Å². The molecule has 0 saturated heterocycles. The minimum absolute atomic E-state index is 0.000901. The first-order valence-corrected chi connectivity index (χ1v) is 8.56. The predicted octanol–water partition coefficient (Wildman–Crippen LogP) is 2.02. The molecule has 1 saturated carbocycles. The standard InChI is InChI=1S/C12H20N2O2S2/c1-9(2)14(7-10-3-4-10)18(15,16)12-5-11(6-13)8-17-12/h5,8-10H,3-4,6-7,13H2,1-2H3. The van der Waals surface area contributed by atoms with Gasteiger partial charge in [0.25, 0.3) is 10.0 Å². The number of hydrogen-bond donors (Lipinski definition) is 1. The summed E-state index contributed by atoms with van der Waals surface area (Å²) in [6.45, 7) is 4.89. The van der Waals surface area contributed by atoms with Crippen LogP contribution >= 0.6 is 11.3 Å². The van der Waals surface area contributed by atoms with Crippen LogP contribution in [-0.4, -0.2) is 25.3 Å². The van der Waals surface area contributed by atoms with Gasteiger partial charge in [-0.15, -0.1) is 11.3 Å². The van der Waals surface area contributed by atoms with Crippen LogP contribution in [0.4, 0.5) is 0 Å². The third-order valence-electron chi connectivity index (χ3n) is 3.14. The summed E-state index contributed by atoms with van der Waals surface area (Å²) in [6.07, 6.45) is 2.30. The van der Waals surface area contributed by atoms with E-state index < -0.39 is 10.0 Å². The van der Waals surface area contributed by atoms with Crippen molar-refractivity contribution in [3.8, 4) is 0 Å². The molecule has 1 aliphatic rings. The van der Waals surface area contributed by atoms with E-state index in [1.54, 1.807) is 10.4 Å². The Bertz CT molecular complexity index is 504. The van der Waals surface area contributed by atoms with Gasteiger partial charge in [-0.2, -0.15) is 4.31 Å². The largest absolute Gasteiger partial charge is 0.326 e. The summed E-state index contributed by atoms with van der Waals surface area (Å²) in [4.78, 5) is 0. The first-order valence-electron chi connectivity index (χ1n) is 6.24. The summed E-state index contributed by atoms with van der Waals surface area (Å²) in [7, 11) is -3.35. The van der Waals surface area contributed by atoms with E-state index in [9.17, 15) is 8.42 Å². The second-order valence-electron chi connectivity index (χ2n) is 5.09. The Morgan fingerprint density at radius 3 is 2.61 bits per heavy atom. The van der Waals surface area contributed by atoms with Crippen molar-refractivity contribution < 1.29 is 8.42 Å². The molecular weight excluding hydrogens is 268 g/mol. The van der Waals surface area contributed by atoms with Gasteiger partial charge >= 0.3 is 0 Å². The van der Waals surface area contributed by atoms with Crippen molar-refractivity contribution in [2.45, 2.75) is 43.5 Å². The van der Waals surface area contributed by atoms with E-state index in [1.807, 2.05) is 19.2 Å². The molecule has 0 atom stereocenters. The second-order valence-corrected chi connectivity index (χ2v) is 8.12. The summed E-state index contributed by atoms with van der Waals surface area (Å²) in [6, 6.07) is 1.70. The number of thiophene rings is 1. The first kappa shape index (κ1) is 14.0. The zero-order valence-corrected chi connectivity index (χ0v) is 12.4. The van der Waals surface area contributed by atoms with Crippen LogP contribution in [0.15, 0.2) is 15.7 Å². The second kappa shape index (κ2) is 5.28. The molecule has 2 rings (SSSR count). The maximum atomic E-state index is 12.6. The molecule has 2 N–H and O–H groups in total. The Morgan fingerprint density at radius 2 is 2.17 bits per heavy atom. The lowest BCUT2D eigenvalue weighted by Gasteiger charge is -2.25. The molecule has 0 aromatic carbocycles. The lowest BCUT2D eigenvalue weighted by molar-refractivity contribution is 0.342. The Labute approximate surface area is 113 Å². The summed E-state index contributed by atoms with van der Waals surface area (Å²) < 4.78 is 27.2. The normalized spacial score (nSPS) is 16.7. The lowest BCUT2D eigenvalue weighted by atomic mass is 10.3. The van der Waals surface area contributed by atoms with Crippen LogP contribution in [0.2, 0.25) is 0 Å². The molecule has 0 spiro atoms. The van der Waals surface area contributed by atoms with Crippen LogP contribution in [0.25, 0.3) is 0 Å². The van der Waals surface area contributed by atoms with Crippen molar-refractivity contribution in [1.29, 1.82) is 0 Å². The SMILES string of the molecule is CC(C)N(CC1CC1)S(=O)(=O)c1cc(CN)cs1. The van der Waals surface area contributed by atoms with Gasteiger partial charge in [-0.3, -0.25) is 0 Å². The van der Waals surface area contributed by atoms with Crippen LogP contribution in [0.3, 0.4) is 0 Å².